The Kier molecular flexibility index (Phi) is 3.16. The van der Waals surface area contributed by atoms with Crippen LogP contribution in [0.25, 0.3) is 0 Å². The quantitative estimate of drug-likeness (QED) is 0.929. The van der Waals surface area contributed by atoms with Crippen molar-refractivity contribution >= 4 is 21.9 Å². The molecule has 1 N–H and O–H groups in total. The molecule has 0 aromatic heterocycles. The normalized spacial score (nSPS) is 22.2. The SMILES string of the molecule is O=C(O)CN(C1CC1)C1CCc2c(Br)cccc21. The van der Waals surface area contributed by atoms with Crippen molar-refractivity contribution in [2.75, 3.05) is 6.54 Å². The van der Waals surface area contributed by atoms with Crippen LogP contribution in [0.15, 0.2) is 22.7 Å². The summed E-state index contributed by atoms with van der Waals surface area (Å²) in [4.78, 5) is 13.2. The van der Waals surface area contributed by atoms with Crippen molar-refractivity contribution in [3.63, 3.8) is 0 Å². The van der Waals surface area contributed by atoms with Gasteiger partial charge >= 0.3 is 5.97 Å². The summed E-state index contributed by atoms with van der Waals surface area (Å²) >= 11 is 3.59. The van der Waals surface area contributed by atoms with E-state index in [1.54, 1.807) is 0 Å². The van der Waals surface area contributed by atoms with E-state index in [4.69, 9.17) is 5.11 Å². The van der Waals surface area contributed by atoms with E-state index in [9.17, 15) is 4.79 Å². The third kappa shape index (κ3) is 2.19. The van der Waals surface area contributed by atoms with Crippen LogP contribution in [-0.2, 0) is 11.2 Å². The van der Waals surface area contributed by atoms with Gasteiger partial charge in [0.1, 0.15) is 0 Å². The average molecular weight is 310 g/mol. The van der Waals surface area contributed by atoms with Gasteiger partial charge in [-0.15, -0.1) is 0 Å². The second-order valence-corrected chi connectivity index (χ2v) is 6.01. The molecule has 1 unspecified atom stereocenters. The molecule has 3 nitrogen and oxygen atoms in total. The fourth-order valence-electron chi connectivity index (χ4n) is 2.99. The Morgan fingerprint density at radius 2 is 2.17 bits per heavy atom. The van der Waals surface area contributed by atoms with Gasteiger partial charge in [-0.25, -0.2) is 0 Å². The van der Waals surface area contributed by atoms with Crippen molar-refractivity contribution in [2.24, 2.45) is 0 Å². The third-order valence-electron chi connectivity index (χ3n) is 3.92. The van der Waals surface area contributed by atoms with Gasteiger partial charge in [0.15, 0.2) is 0 Å². The van der Waals surface area contributed by atoms with Crippen LogP contribution in [0.2, 0.25) is 0 Å². The number of carboxylic acid groups (broad SMARTS) is 1. The summed E-state index contributed by atoms with van der Waals surface area (Å²) in [7, 11) is 0. The number of halogens is 1. The van der Waals surface area contributed by atoms with Crippen molar-refractivity contribution in [2.45, 2.75) is 37.8 Å². The Labute approximate surface area is 115 Å². The summed E-state index contributed by atoms with van der Waals surface area (Å²) in [5.41, 5.74) is 2.68. The summed E-state index contributed by atoms with van der Waals surface area (Å²) in [6.45, 7) is 0.168. The molecule has 0 heterocycles. The van der Waals surface area contributed by atoms with Gasteiger partial charge in [0.25, 0.3) is 0 Å². The molecule has 96 valence electrons. The molecule has 2 aliphatic rings. The smallest absolute Gasteiger partial charge is 0.317 e. The minimum Gasteiger partial charge on any atom is -0.480 e. The minimum atomic E-state index is -0.717. The van der Waals surface area contributed by atoms with E-state index in [0.29, 0.717) is 12.1 Å². The summed E-state index contributed by atoms with van der Waals surface area (Å²) in [5, 5.41) is 9.07. The number of nitrogens with zero attached hydrogens (tertiary/aromatic N) is 1. The second-order valence-electron chi connectivity index (χ2n) is 5.16. The first-order valence-electron chi connectivity index (χ1n) is 6.41. The zero-order valence-electron chi connectivity index (χ0n) is 10.1. The van der Waals surface area contributed by atoms with Crippen LogP contribution >= 0.6 is 15.9 Å². The van der Waals surface area contributed by atoms with Gasteiger partial charge in [0.2, 0.25) is 0 Å². The van der Waals surface area contributed by atoms with E-state index in [2.05, 4.69) is 33.0 Å². The minimum absolute atomic E-state index is 0.168. The highest BCUT2D eigenvalue weighted by molar-refractivity contribution is 9.10. The van der Waals surface area contributed by atoms with E-state index >= 15 is 0 Å². The number of fused-ring (bicyclic) bond motifs is 1. The van der Waals surface area contributed by atoms with E-state index in [1.165, 1.54) is 11.1 Å². The van der Waals surface area contributed by atoms with Gasteiger partial charge in [-0.1, -0.05) is 28.1 Å². The molecule has 1 aromatic carbocycles. The van der Waals surface area contributed by atoms with Crippen molar-refractivity contribution in [3.8, 4) is 0 Å². The fraction of sp³-hybridized carbons (Fsp3) is 0.500. The van der Waals surface area contributed by atoms with Crippen molar-refractivity contribution < 1.29 is 9.90 Å². The highest BCUT2D eigenvalue weighted by Gasteiger charge is 2.38. The molecule has 0 bridgehead atoms. The molecule has 0 amide bonds. The highest BCUT2D eigenvalue weighted by atomic mass is 79.9. The first-order chi connectivity index (χ1) is 8.66. The average Bonchev–Trinajstić information content (AvgIpc) is 3.06. The van der Waals surface area contributed by atoms with E-state index in [1.807, 2.05) is 6.07 Å². The van der Waals surface area contributed by atoms with E-state index in [0.717, 1.165) is 30.2 Å². The number of benzene rings is 1. The first kappa shape index (κ1) is 12.2. The number of hydrogen-bond acceptors (Lipinski definition) is 2. The third-order valence-corrected chi connectivity index (χ3v) is 4.66. The van der Waals surface area contributed by atoms with Crippen LogP contribution < -0.4 is 0 Å². The van der Waals surface area contributed by atoms with Gasteiger partial charge in [-0.3, -0.25) is 9.69 Å². The summed E-state index contributed by atoms with van der Waals surface area (Å²) < 4.78 is 1.16. The largest absolute Gasteiger partial charge is 0.480 e. The van der Waals surface area contributed by atoms with Crippen molar-refractivity contribution in [1.29, 1.82) is 0 Å². The number of rotatable bonds is 4. The molecule has 0 spiro atoms. The maximum absolute atomic E-state index is 11.0. The lowest BCUT2D eigenvalue weighted by atomic mass is 10.1. The van der Waals surface area contributed by atoms with Crippen LogP contribution in [0, 0.1) is 0 Å². The standard InChI is InChI=1S/C14H16BrNO2/c15-12-3-1-2-11-10(12)6-7-13(11)16(8-14(17)18)9-4-5-9/h1-3,9,13H,4-8H2,(H,17,18). The maximum Gasteiger partial charge on any atom is 0.317 e. The summed E-state index contributed by atoms with van der Waals surface area (Å²) in [6, 6.07) is 7.04. The molecule has 1 fully saturated rings. The predicted molar refractivity (Wildman–Crippen MR) is 72.6 cm³/mol. The molecule has 3 rings (SSSR count). The Morgan fingerprint density at radius 3 is 2.83 bits per heavy atom. The van der Waals surface area contributed by atoms with Crippen LogP contribution in [0.5, 0.6) is 0 Å². The monoisotopic (exact) mass is 309 g/mol. The maximum atomic E-state index is 11.0. The summed E-state index contributed by atoms with van der Waals surface area (Å²) in [5.74, 6) is -0.717. The van der Waals surface area contributed by atoms with Crippen LogP contribution in [-0.4, -0.2) is 28.6 Å². The van der Waals surface area contributed by atoms with Gasteiger partial charge in [-0.05, 0) is 42.9 Å². The molecule has 0 aliphatic heterocycles. The Hall–Kier alpha value is -0.870. The molecule has 4 heteroatoms. The van der Waals surface area contributed by atoms with Gasteiger partial charge < -0.3 is 5.11 Å². The lowest BCUT2D eigenvalue weighted by molar-refractivity contribution is -0.139. The van der Waals surface area contributed by atoms with Crippen LogP contribution in [0.3, 0.4) is 0 Å². The number of carboxylic acids is 1. The Bertz CT molecular complexity index is 485. The molecule has 0 radical (unpaired) electrons. The predicted octanol–water partition coefficient (Wildman–Crippen LogP) is 2.99. The molecular formula is C14H16BrNO2. The lowest BCUT2D eigenvalue weighted by Crippen LogP contribution is -2.34. The van der Waals surface area contributed by atoms with Gasteiger partial charge in [0, 0.05) is 16.6 Å². The van der Waals surface area contributed by atoms with E-state index < -0.39 is 5.97 Å². The van der Waals surface area contributed by atoms with Gasteiger partial charge in [-0.2, -0.15) is 0 Å². The van der Waals surface area contributed by atoms with Crippen LogP contribution in [0.1, 0.15) is 36.4 Å². The van der Waals surface area contributed by atoms with Crippen LogP contribution in [0.4, 0.5) is 0 Å². The zero-order valence-corrected chi connectivity index (χ0v) is 11.7. The second kappa shape index (κ2) is 4.67. The highest BCUT2D eigenvalue weighted by Crippen LogP contribution is 2.43. The number of hydrogen-bond donors (Lipinski definition) is 1. The molecule has 1 aromatic rings. The molecule has 1 saturated carbocycles. The first-order valence-corrected chi connectivity index (χ1v) is 7.21. The topological polar surface area (TPSA) is 40.5 Å². The zero-order chi connectivity index (χ0) is 12.7. The van der Waals surface area contributed by atoms with Crippen molar-refractivity contribution in [3.05, 3.63) is 33.8 Å². The molecule has 0 saturated heterocycles. The summed E-state index contributed by atoms with van der Waals surface area (Å²) in [6.07, 6.45) is 4.38. The molecule has 18 heavy (non-hydrogen) atoms. The molecule has 1 atom stereocenters. The lowest BCUT2D eigenvalue weighted by Gasteiger charge is -2.28. The molecular weight excluding hydrogens is 294 g/mol. The fourth-order valence-corrected chi connectivity index (χ4v) is 3.57. The number of aliphatic carboxylic acids is 1. The molecule has 2 aliphatic carbocycles. The van der Waals surface area contributed by atoms with E-state index in [-0.39, 0.29) is 6.54 Å². The Balaban J connectivity index is 1.89. The van der Waals surface area contributed by atoms with Crippen molar-refractivity contribution in [1.82, 2.24) is 4.90 Å². The van der Waals surface area contributed by atoms with Gasteiger partial charge in [0.05, 0.1) is 6.54 Å². The number of carbonyl (C=O) groups is 1. The Morgan fingerprint density at radius 1 is 1.39 bits per heavy atom.